The summed E-state index contributed by atoms with van der Waals surface area (Å²) in [5.41, 5.74) is -0.465. The van der Waals surface area contributed by atoms with Gasteiger partial charge in [0.2, 0.25) is 0 Å². The van der Waals surface area contributed by atoms with E-state index in [9.17, 15) is 4.57 Å². The first kappa shape index (κ1) is 9.55. The van der Waals surface area contributed by atoms with Crippen molar-refractivity contribution in [2.75, 3.05) is 6.16 Å². The van der Waals surface area contributed by atoms with Gasteiger partial charge >= 0.3 is 8.03 Å². The molecule has 0 aliphatic heterocycles. The van der Waals surface area contributed by atoms with Crippen LogP contribution in [0.15, 0.2) is 0 Å². The topological polar surface area (TPSA) is 61.1 Å². The average molecular weight is 160 g/mol. The fraction of sp³-hybridized carbons (Fsp3) is 0.833. The molecule has 56 valence electrons. The van der Waals surface area contributed by atoms with Crippen molar-refractivity contribution in [1.82, 2.24) is 0 Å². The van der Waals surface area contributed by atoms with Crippen LogP contribution >= 0.6 is 8.03 Å². The molecular formula is C6H11NO2P+. The molecule has 0 heterocycles. The van der Waals surface area contributed by atoms with E-state index in [0.29, 0.717) is 6.42 Å². The largest absolute Gasteiger partial charge is 0.505 e. The molecule has 0 aliphatic carbocycles. The van der Waals surface area contributed by atoms with Crippen LogP contribution in [-0.2, 0) is 4.57 Å². The number of rotatable bonds is 3. The molecule has 0 aromatic heterocycles. The fourth-order valence-corrected chi connectivity index (χ4v) is 1.18. The van der Waals surface area contributed by atoms with Crippen molar-refractivity contribution in [2.45, 2.75) is 20.3 Å². The molecule has 0 aliphatic rings. The summed E-state index contributed by atoms with van der Waals surface area (Å²) < 4.78 is 10.2. The molecule has 0 aromatic rings. The summed E-state index contributed by atoms with van der Waals surface area (Å²) in [4.78, 5) is 8.41. The average Bonchev–Trinajstić information content (AvgIpc) is 1.85. The van der Waals surface area contributed by atoms with E-state index in [1.807, 2.05) is 0 Å². The van der Waals surface area contributed by atoms with Gasteiger partial charge < -0.3 is 0 Å². The van der Waals surface area contributed by atoms with Gasteiger partial charge in [0.1, 0.15) is 0 Å². The molecule has 4 heteroatoms. The van der Waals surface area contributed by atoms with Crippen molar-refractivity contribution in [1.29, 1.82) is 5.26 Å². The Morgan fingerprint density at radius 3 is 2.50 bits per heavy atom. The normalized spacial score (nSPS) is 12.4. The molecule has 1 atom stereocenters. The van der Waals surface area contributed by atoms with Gasteiger partial charge in [-0.2, -0.15) is 10.2 Å². The van der Waals surface area contributed by atoms with Crippen LogP contribution in [-0.4, -0.2) is 11.1 Å². The van der Waals surface area contributed by atoms with Gasteiger partial charge in [-0.25, -0.2) is 0 Å². The Balaban J connectivity index is 3.71. The lowest BCUT2D eigenvalue weighted by Gasteiger charge is -2.09. The van der Waals surface area contributed by atoms with Crippen molar-refractivity contribution in [2.24, 2.45) is 5.41 Å². The Kier molecular flexibility index (Phi) is 3.49. The minimum atomic E-state index is -2.07. The van der Waals surface area contributed by atoms with Gasteiger partial charge in [0.15, 0.2) is 6.16 Å². The summed E-state index contributed by atoms with van der Waals surface area (Å²) in [6.07, 6.45) is 0.700. The lowest BCUT2D eigenvalue weighted by Crippen LogP contribution is -2.08. The minimum absolute atomic E-state index is 0.218. The van der Waals surface area contributed by atoms with Gasteiger partial charge in [0, 0.05) is 6.42 Å². The zero-order chi connectivity index (χ0) is 8.20. The van der Waals surface area contributed by atoms with Gasteiger partial charge in [-0.3, -0.25) is 0 Å². The molecule has 0 saturated heterocycles. The fourth-order valence-electron chi connectivity index (χ4n) is 0.431. The predicted octanol–water partition coefficient (Wildman–Crippen LogP) is 1.66. The molecule has 1 N–H and O–H groups in total. The number of nitrogens with zero attached hydrogens (tertiary/aromatic N) is 1. The Morgan fingerprint density at radius 2 is 2.20 bits per heavy atom. The standard InChI is InChI=1S/C6H10NO2P/c1-6(2,5-7)3-4-10(8)9/h3-4H2,1-2H3/p+1. The maximum atomic E-state index is 10.2. The second-order valence-electron chi connectivity index (χ2n) is 2.82. The van der Waals surface area contributed by atoms with Gasteiger partial charge in [0.25, 0.3) is 0 Å². The first-order valence-electron chi connectivity index (χ1n) is 3.03. The van der Waals surface area contributed by atoms with Crippen molar-refractivity contribution < 1.29 is 9.46 Å². The highest BCUT2D eigenvalue weighted by atomic mass is 31.1. The second kappa shape index (κ2) is 3.65. The lowest BCUT2D eigenvalue weighted by atomic mass is 9.93. The third kappa shape index (κ3) is 4.43. The monoisotopic (exact) mass is 160 g/mol. The SMILES string of the molecule is CC(C)(C#N)CC[P+](=O)O. The predicted molar refractivity (Wildman–Crippen MR) is 38.7 cm³/mol. The van der Waals surface area contributed by atoms with Crippen molar-refractivity contribution in [3.05, 3.63) is 0 Å². The maximum absolute atomic E-state index is 10.2. The molecule has 0 bridgehead atoms. The Bertz CT molecular complexity index is 171. The van der Waals surface area contributed by atoms with Crippen LogP contribution < -0.4 is 0 Å². The van der Waals surface area contributed by atoms with E-state index in [0.717, 1.165) is 0 Å². The van der Waals surface area contributed by atoms with Crippen molar-refractivity contribution in [3.8, 4) is 6.07 Å². The molecule has 0 fully saturated rings. The smallest absolute Gasteiger partial charge is 0.198 e. The molecular weight excluding hydrogens is 149 g/mol. The van der Waals surface area contributed by atoms with Crippen LogP contribution in [0.1, 0.15) is 20.3 Å². The molecule has 0 radical (unpaired) electrons. The minimum Gasteiger partial charge on any atom is -0.198 e. The van der Waals surface area contributed by atoms with Crippen LogP contribution in [0.5, 0.6) is 0 Å². The molecule has 0 rings (SSSR count). The molecule has 0 saturated carbocycles. The van der Waals surface area contributed by atoms with Crippen LogP contribution in [0.2, 0.25) is 0 Å². The number of nitriles is 1. The van der Waals surface area contributed by atoms with Gasteiger partial charge in [-0.05, 0) is 18.4 Å². The van der Waals surface area contributed by atoms with Crippen LogP contribution in [0.4, 0.5) is 0 Å². The highest BCUT2D eigenvalue weighted by molar-refractivity contribution is 7.37. The van der Waals surface area contributed by atoms with E-state index in [1.54, 1.807) is 13.8 Å². The first-order valence-corrected chi connectivity index (χ1v) is 4.42. The Morgan fingerprint density at radius 1 is 1.70 bits per heavy atom. The van der Waals surface area contributed by atoms with E-state index in [2.05, 4.69) is 6.07 Å². The summed E-state index contributed by atoms with van der Waals surface area (Å²) >= 11 is 0. The van der Waals surface area contributed by atoms with Crippen molar-refractivity contribution in [3.63, 3.8) is 0 Å². The van der Waals surface area contributed by atoms with Crippen molar-refractivity contribution >= 4 is 8.03 Å². The van der Waals surface area contributed by atoms with Gasteiger partial charge in [0.05, 0.1) is 11.5 Å². The summed E-state index contributed by atoms with van der Waals surface area (Å²) in [6.45, 7) is 3.51. The van der Waals surface area contributed by atoms with Gasteiger partial charge in [-0.15, -0.1) is 0 Å². The quantitative estimate of drug-likeness (QED) is 0.638. The Labute approximate surface area is 61.5 Å². The van der Waals surface area contributed by atoms with E-state index >= 15 is 0 Å². The zero-order valence-corrected chi connectivity index (χ0v) is 7.06. The molecule has 10 heavy (non-hydrogen) atoms. The highest BCUT2D eigenvalue weighted by Crippen LogP contribution is 2.25. The summed E-state index contributed by atoms with van der Waals surface area (Å²) in [5, 5.41) is 8.48. The summed E-state index contributed by atoms with van der Waals surface area (Å²) in [6, 6.07) is 2.06. The van der Waals surface area contributed by atoms with E-state index in [1.165, 1.54) is 0 Å². The summed E-state index contributed by atoms with van der Waals surface area (Å²) in [5.74, 6) is 0. The maximum Gasteiger partial charge on any atom is 0.505 e. The van der Waals surface area contributed by atoms with E-state index in [-0.39, 0.29) is 6.16 Å². The van der Waals surface area contributed by atoms with Gasteiger partial charge in [-0.1, -0.05) is 0 Å². The Hall–Kier alpha value is -0.450. The molecule has 1 unspecified atom stereocenters. The third-order valence-electron chi connectivity index (χ3n) is 1.23. The highest BCUT2D eigenvalue weighted by Gasteiger charge is 2.22. The number of hydrogen-bond acceptors (Lipinski definition) is 2. The second-order valence-corrected chi connectivity index (χ2v) is 3.97. The molecule has 3 nitrogen and oxygen atoms in total. The lowest BCUT2D eigenvalue weighted by molar-refractivity contribution is 0.455. The van der Waals surface area contributed by atoms with E-state index < -0.39 is 13.4 Å². The van der Waals surface area contributed by atoms with Crippen LogP contribution in [0.3, 0.4) is 0 Å². The zero-order valence-electron chi connectivity index (χ0n) is 6.16. The third-order valence-corrected chi connectivity index (χ3v) is 1.84. The molecule has 0 amide bonds. The number of hydrogen-bond donors (Lipinski definition) is 1. The van der Waals surface area contributed by atoms with E-state index in [4.69, 9.17) is 10.2 Å². The summed E-state index contributed by atoms with van der Waals surface area (Å²) in [7, 11) is -2.07. The molecule has 0 spiro atoms. The van der Waals surface area contributed by atoms with Crippen LogP contribution in [0, 0.1) is 16.7 Å². The molecule has 0 aromatic carbocycles. The van der Waals surface area contributed by atoms with Crippen LogP contribution in [0.25, 0.3) is 0 Å². The first-order chi connectivity index (χ1) is 4.48.